The summed E-state index contributed by atoms with van der Waals surface area (Å²) in [5.74, 6) is 0.222. The van der Waals surface area contributed by atoms with Gasteiger partial charge in [0.05, 0.1) is 6.61 Å². The Morgan fingerprint density at radius 2 is 2.23 bits per heavy atom. The molecule has 1 aromatic heterocycles. The van der Waals surface area contributed by atoms with Crippen LogP contribution < -0.4 is 11.4 Å². The molecule has 1 aromatic rings. The second-order valence-electron chi connectivity index (χ2n) is 5.08. The lowest BCUT2D eigenvalue weighted by molar-refractivity contribution is -0.138. The standard InChI is InChI=1S/C12H17ClFN3O5/c13-2-1-6-3-17(11(21)16-9(6)15)10-7(19)8(20)12(4-14,5-18)22-10/h3,7-8,10,18-20H,1-2,4-5H2,(H2,15,16,21)/t7-,8-,10+,12+/m0/s1. The molecule has 124 valence electrons. The Kier molecular flexibility index (Phi) is 5.03. The largest absolute Gasteiger partial charge is 0.393 e. The van der Waals surface area contributed by atoms with E-state index in [1.165, 1.54) is 6.20 Å². The smallest absolute Gasteiger partial charge is 0.351 e. The van der Waals surface area contributed by atoms with Crippen LogP contribution in [0.3, 0.4) is 0 Å². The van der Waals surface area contributed by atoms with Crippen LogP contribution in [0.2, 0.25) is 0 Å². The predicted octanol–water partition coefficient (Wildman–Crippen LogP) is -1.44. The van der Waals surface area contributed by atoms with Crippen LogP contribution in [0.1, 0.15) is 11.8 Å². The monoisotopic (exact) mass is 337 g/mol. The van der Waals surface area contributed by atoms with Crippen molar-refractivity contribution in [2.45, 2.75) is 30.5 Å². The van der Waals surface area contributed by atoms with E-state index in [9.17, 15) is 24.5 Å². The summed E-state index contributed by atoms with van der Waals surface area (Å²) < 4.78 is 19.3. The molecule has 0 spiro atoms. The van der Waals surface area contributed by atoms with E-state index in [0.29, 0.717) is 12.0 Å². The van der Waals surface area contributed by atoms with E-state index >= 15 is 0 Å². The fourth-order valence-electron chi connectivity index (χ4n) is 2.35. The number of nitrogens with two attached hydrogens (primary N) is 1. The first-order chi connectivity index (χ1) is 10.4. The van der Waals surface area contributed by atoms with Gasteiger partial charge in [-0.2, -0.15) is 4.98 Å². The summed E-state index contributed by atoms with van der Waals surface area (Å²) in [7, 11) is 0. The molecule has 8 nitrogen and oxygen atoms in total. The Balaban J connectivity index is 2.44. The summed E-state index contributed by atoms with van der Waals surface area (Å²) in [5, 5.41) is 29.2. The van der Waals surface area contributed by atoms with Gasteiger partial charge in [0.15, 0.2) is 11.8 Å². The number of rotatable bonds is 5. The highest BCUT2D eigenvalue weighted by atomic mass is 35.5. The number of nitrogen functional groups attached to an aromatic ring is 1. The maximum absolute atomic E-state index is 13.1. The molecule has 0 saturated carbocycles. The number of aliphatic hydroxyl groups is 3. The molecule has 1 aliphatic heterocycles. The van der Waals surface area contributed by atoms with Crippen LogP contribution in [0, 0.1) is 0 Å². The van der Waals surface area contributed by atoms with Crippen molar-refractivity contribution in [1.29, 1.82) is 0 Å². The van der Waals surface area contributed by atoms with Gasteiger partial charge >= 0.3 is 5.69 Å². The third kappa shape index (κ3) is 2.70. The molecule has 5 N–H and O–H groups in total. The van der Waals surface area contributed by atoms with Gasteiger partial charge in [-0.15, -0.1) is 11.6 Å². The van der Waals surface area contributed by atoms with Crippen molar-refractivity contribution in [1.82, 2.24) is 9.55 Å². The SMILES string of the molecule is Nc1nc(=O)n([C@@H]2O[C@@](CO)(CF)[C@@H](O)[C@@H]2O)cc1CCCl. The zero-order valence-electron chi connectivity index (χ0n) is 11.5. The van der Waals surface area contributed by atoms with Crippen molar-refractivity contribution >= 4 is 17.4 Å². The van der Waals surface area contributed by atoms with Crippen molar-refractivity contribution in [2.24, 2.45) is 0 Å². The minimum absolute atomic E-state index is 0.00570. The maximum atomic E-state index is 13.1. The molecule has 0 aliphatic carbocycles. The molecular formula is C12H17ClFN3O5. The highest BCUT2D eigenvalue weighted by Gasteiger charge is 2.55. The van der Waals surface area contributed by atoms with E-state index in [2.05, 4.69) is 4.98 Å². The number of nitrogens with zero attached hydrogens (tertiary/aromatic N) is 2. The lowest BCUT2D eigenvalue weighted by Gasteiger charge is -2.26. The molecule has 0 bridgehead atoms. The summed E-state index contributed by atoms with van der Waals surface area (Å²) in [4.78, 5) is 15.5. The van der Waals surface area contributed by atoms with Crippen LogP contribution in [0.25, 0.3) is 0 Å². The molecule has 22 heavy (non-hydrogen) atoms. The average molecular weight is 338 g/mol. The quantitative estimate of drug-likeness (QED) is 0.484. The van der Waals surface area contributed by atoms with Gasteiger partial charge in [0.25, 0.3) is 0 Å². The van der Waals surface area contributed by atoms with Gasteiger partial charge in [-0.05, 0) is 6.42 Å². The number of alkyl halides is 2. The molecule has 2 heterocycles. The summed E-state index contributed by atoms with van der Waals surface area (Å²) in [6.45, 7) is -2.09. The molecule has 10 heteroatoms. The Morgan fingerprint density at radius 3 is 2.73 bits per heavy atom. The Morgan fingerprint density at radius 1 is 1.55 bits per heavy atom. The molecule has 1 saturated heterocycles. The maximum Gasteiger partial charge on any atom is 0.351 e. The van der Waals surface area contributed by atoms with E-state index in [-0.39, 0.29) is 11.7 Å². The van der Waals surface area contributed by atoms with Gasteiger partial charge in [0.2, 0.25) is 0 Å². The molecule has 1 fully saturated rings. The summed E-state index contributed by atoms with van der Waals surface area (Å²) >= 11 is 5.63. The predicted molar refractivity (Wildman–Crippen MR) is 75.3 cm³/mol. The van der Waals surface area contributed by atoms with Crippen LogP contribution in [0.5, 0.6) is 0 Å². The lowest BCUT2D eigenvalue weighted by Crippen LogP contribution is -2.48. The third-order valence-corrected chi connectivity index (χ3v) is 3.89. The molecule has 4 atom stereocenters. The van der Waals surface area contributed by atoms with Crippen molar-refractivity contribution < 1.29 is 24.4 Å². The summed E-state index contributed by atoms with van der Waals surface area (Å²) in [5.41, 5.74) is 3.23. The minimum atomic E-state index is -1.99. The zero-order chi connectivity index (χ0) is 16.5. The van der Waals surface area contributed by atoms with Gasteiger partial charge in [-0.1, -0.05) is 0 Å². The van der Waals surface area contributed by atoms with Crippen LogP contribution in [0.15, 0.2) is 11.0 Å². The van der Waals surface area contributed by atoms with Gasteiger partial charge in [0, 0.05) is 17.6 Å². The molecule has 0 radical (unpaired) electrons. The van der Waals surface area contributed by atoms with Crippen molar-refractivity contribution in [3.8, 4) is 0 Å². The van der Waals surface area contributed by atoms with Crippen LogP contribution >= 0.6 is 11.6 Å². The first kappa shape index (κ1) is 17.1. The molecule has 0 aromatic carbocycles. The van der Waals surface area contributed by atoms with E-state index in [1.54, 1.807) is 0 Å². The zero-order valence-corrected chi connectivity index (χ0v) is 12.3. The van der Waals surface area contributed by atoms with Crippen LogP contribution in [0.4, 0.5) is 10.2 Å². The molecule has 2 rings (SSSR count). The van der Waals surface area contributed by atoms with Gasteiger partial charge < -0.3 is 25.8 Å². The number of hydrogen-bond donors (Lipinski definition) is 4. The topological polar surface area (TPSA) is 131 Å². The van der Waals surface area contributed by atoms with Crippen molar-refractivity contribution in [3.63, 3.8) is 0 Å². The molecule has 0 amide bonds. The Hall–Kier alpha value is -1.26. The molecule has 1 aliphatic rings. The van der Waals surface area contributed by atoms with Crippen molar-refractivity contribution in [2.75, 3.05) is 24.9 Å². The van der Waals surface area contributed by atoms with Crippen LogP contribution in [-0.4, -0.2) is 61.8 Å². The third-order valence-electron chi connectivity index (χ3n) is 3.70. The van der Waals surface area contributed by atoms with Gasteiger partial charge in [-0.25, -0.2) is 9.18 Å². The van der Waals surface area contributed by atoms with Gasteiger partial charge in [-0.3, -0.25) is 4.57 Å². The second kappa shape index (κ2) is 6.47. The minimum Gasteiger partial charge on any atom is -0.393 e. The number of hydrogen-bond acceptors (Lipinski definition) is 7. The first-order valence-electron chi connectivity index (χ1n) is 6.54. The Bertz CT molecular complexity index is 595. The lowest BCUT2D eigenvalue weighted by atomic mass is 9.98. The number of halogens is 2. The van der Waals surface area contributed by atoms with E-state index in [1.807, 2.05) is 0 Å². The normalized spacial score (nSPS) is 31.6. The number of aliphatic hydroxyl groups excluding tert-OH is 3. The molecule has 0 unspecified atom stereocenters. The summed E-state index contributed by atoms with van der Waals surface area (Å²) in [6.07, 6.45) is -3.10. The number of ether oxygens (including phenoxy) is 1. The van der Waals surface area contributed by atoms with E-state index < -0.39 is 43.0 Å². The van der Waals surface area contributed by atoms with E-state index in [4.69, 9.17) is 22.1 Å². The Labute approximate surface area is 129 Å². The highest BCUT2D eigenvalue weighted by molar-refractivity contribution is 6.18. The summed E-state index contributed by atoms with van der Waals surface area (Å²) in [6, 6.07) is 0. The second-order valence-corrected chi connectivity index (χ2v) is 5.46. The van der Waals surface area contributed by atoms with E-state index in [0.717, 1.165) is 4.57 Å². The fourth-order valence-corrected chi connectivity index (χ4v) is 2.55. The van der Waals surface area contributed by atoms with Crippen molar-refractivity contribution in [3.05, 3.63) is 22.2 Å². The average Bonchev–Trinajstić information content (AvgIpc) is 2.75. The number of aromatic nitrogens is 2. The molecular weight excluding hydrogens is 321 g/mol. The number of anilines is 1. The van der Waals surface area contributed by atoms with Gasteiger partial charge in [0.1, 0.15) is 24.7 Å². The van der Waals surface area contributed by atoms with Crippen LogP contribution in [-0.2, 0) is 11.2 Å². The number of aryl methyl sites for hydroxylation is 1. The first-order valence-corrected chi connectivity index (χ1v) is 7.08. The highest BCUT2D eigenvalue weighted by Crippen LogP contribution is 2.37. The fraction of sp³-hybridized carbons (Fsp3) is 0.667.